The largest absolute Gasteiger partial charge is 0.489 e. The molecule has 3 aromatic rings. The third-order valence-electron chi connectivity index (χ3n) is 6.79. The second kappa shape index (κ2) is 11.3. The average Bonchev–Trinajstić information content (AvgIpc) is 2.97. The fraction of sp³-hybridized carbons (Fsp3) is 0.321. The predicted molar refractivity (Wildman–Crippen MR) is 141 cm³/mol. The molecule has 37 heavy (non-hydrogen) atoms. The van der Waals surface area contributed by atoms with Crippen molar-refractivity contribution in [3.63, 3.8) is 0 Å². The van der Waals surface area contributed by atoms with Gasteiger partial charge in [-0.15, -0.1) is 0 Å². The molecule has 0 spiro atoms. The van der Waals surface area contributed by atoms with Gasteiger partial charge in [-0.25, -0.2) is 0 Å². The van der Waals surface area contributed by atoms with Crippen LogP contribution in [0, 0.1) is 10.1 Å². The number of carbonyl (C=O) groups excluding carboxylic acids is 1. The van der Waals surface area contributed by atoms with E-state index in [0.717, 1.165) is 17.0 Å². The van der Waals surface area contributed by atoms with E-state index in [-0.39, 0.29) is 16.5 Å². The maximum atomic E-state index is 13.1. The molecule has 0 aliphatic carbocycles. The van der Waals surface area contributed by atoms with Crippen LogP contribution in [0.15, 0.2) is 72.8 Å². The van der Waals surface area contributed by atoms with Crippen molar-refractivity contribution in [3.05, 3.63) is 94.0 Å². The lowest BCUT2D eigenvalue weighted by Gasteiger charge is -2.37. The van der Waals surface area contributed by atoms with Crippen LogP contribution in [0.3, 0.4) is 0 Å². The van der Waals surface area contributed by atoms with Gasteiger partial charge in [0.1, 0.15) is 18.0 Å². The van der Waals surface area contributed by atoms with Gasteiger partial charge in [-0.05, 0) is 42.0 Å². The van der Waals surface area contributed by atoms with Crippen molar-refractivity contribution in [2.45, 2.75) is 6.61 Å². The summed E-state index contributed by atoms with van der Waals surface area (Å²) in [5.74, 6) is 0.714. The van der Waals surface area contributed by atoms with E-state index in [1.54, 1.807) is 24.3 Å². The summed E-state index contributed by atoms with van der Waals surface area (Å²) in [6, 6.07) is 22.5. The highest BCUT2D eigenvalue weighted by Gasteiger charge is 2.26. The van der Waals surface area contributed by atoms with E-state index in [4.69, 9.17) is 9.47 Å². The maximum absolute atomic E-state index is 13.1. The molecule has 0 radical (unpaired) electrons. The lowest BCUT2D eigenvalue weighted by Crippen LogP contribution is -2.48. The van der Waals surface area contributed by atoms with E-state index in [0.29, 0.717) is 70.3 Å². The van der Waals surface area contributed by atoms with Crippen LogP contribution in [0.4, 0.5) is 17.1 Å². The van der Waals surface area contributed by atoms with Gasteiger partial charge in [-0.3, -0.25) is 14.9 Å². The van der Waals surface area contributed by atoms with Crippen LogP contribution in [0.1, 0.15) is 15.9 Å². The van der Waals surface area contributed by atoms with Gasteiger partial charge in [0.05, 0.1) is 18.1 Å². The summed E-state index contributed by atoms with van der Waals surface area (Å²) in [5, 5.41) is 11.6. The van der Waals surface area contributed by atoms with E-state index < -0.39 is 0 Å². The molecule has 2 heterocycles. The highest BCUT2D eigenvalue weighted by Crippen LogP contribution is 2.33. The number of amides is 1. The Labute approximate surface area is 216 Å². The molecule has 0 aromatic heterocycles. The van der Waals surface area contributed by atoms with Gasteiger partial charge in [0.2, 0.25) is 0 Å². The second-order valence-corrected chi connectivity index (χ2v) is 9.11. The Hall–Kier alpha value is -4.11. The van der Waals surface area contributed by atoms with Crippen molar-refractivity contribution in [1.82, 2.24) is 4.90 Å². The average molecular weight is 503 g/mol. The lowest BCUT2D eigenvalue weighted by molar-refractivity contribution is -0.384. The molecule has 0 atom stereocenters. The minimum absolute atomic E-state index is 0.00744. The van der Waals surface area contributed by atoms with Crippen LogP contribution < -0.4 is 14.5 Å². The van der Waals surface area contributed by atoms with Crippen LogP contribution in [0.5, 0.6) is 5.75 Å². The molecular weight excluding hydrogens is 472 g/mol. The van der Waals surface area contributed by atoms with Gasteiger partial charge in [0, 0.05) is 56.6 Å². The summed E-state index contributed by atoms with van der Waals surface area (Å²) >= 11 is 0. The summed E-state index contributed by atoms with van der Waals surface area (Å²) in [7, 11) is 0. The second-order valence-electron chi connectivity index (χ2n) is 9.11. The van der Waals surface area contributed by atoms with Crippen molar-refractivity contribution in [2.24, 2.45) is 0 Å². The summed E-state index contributed by atoms with van der Waals surface area (Å²) in [6.07, 6.45) is 0. The first-order valence-electron chi connectivity index (χ1n) is 12.5. The molecule has 192 valence electrons. The summed E-state index contributed by atoms with van der Waals surface area (Å²) in [6.45, 7) is 5.32. The van der Waals surface area contributed by atoms with Gasteiger partial charge in [-0.2, -0.15) is 0 Å². The van der Waals surface area contributed by atoms with Gasteiger partial charge < -0.3 is 24.2 Å². The van der Waals surface area contributed by atoms with Crippen molar-refractivity contribution in [2.75, 3.05) is 62.3 Å². The number of rotatable bonds is 7. The number of nitro benzene ring substituents is 1. The smallest absolute Gasteiger partial charge is 0.292 e. The molecule has 2 aliphatic heterocycles. The highest BCUT2D eigenvalue weighted by molar-refractivity contribution is 5.94. The Balaban J connectivity index is 1.19. The molecule has 0 N–H and O–H groups in total. The first-order valence-corrected chi connectivity index (χ1v) is 12.5. The number of hydrogen-bond acceptors (Lipinski definition) is 7. The molecule has 0 bridgehead atoms. The van der Waals surface area contributed by atoms with Crippen LogP contribution in [0.25, 0.3) is 0 Å². The van der Waals surface area contributed by atoms with Gasteiger partial charge in [-0.1, -0.05) is 30.3 Å². The molecule has 2 aliphatic rings. The Morgan fingerprint density at radius 2 is 1.57 bits per heavy atom. The zero-order valence-electron chi connectivity index (χ0n) is 20.6. The van der Waals surface area contributed by atoms with Gasteiger partial charge in [0.15, 0.2) is 0 Å². The maximum Gasteiger partial charge on any atom is 0.292 e. The number of nitro groups is 1. The van der Waals surface area contributed by atoms with Gasteiger partial charge >= 0.3 is 0 Å². The fourth-order valence-corrected chi connectivity index (χ4v) is 4.71. The van der Waals surface area contributed by atoms with E-state index in [1.807, 2.05) is 58.3 Å². The third-order valence-corrected chi connectivity index (χ3v) is 6.79. The standard InChI is InChI=1S/C28H30N4O5/c33-28(23-6-9-25(10-7-23)37-21-22-4-2-1-3-5-22)31-14-12-29(13-15-31)24-8-11-26(32(34)35)27(20-24)30-16-18-36-19-17-30/h1-11,20H,12-19,21H2. The molecular formula is C28H30N4O5. The topological polar surface area (TPSA) is 88.4 Å². The first kappa shape index (κ1) is 24.6. The number of nitrogens with zero attached hydrogens (tertiary/aromatic N) is 4. The number of hydrogen-bond donors (Lipinski definition) is 0. The minimum Gasteiger partial charge on any atom is -0.489 e. The van der Waals surface area contributed by atoms with Crippen LogP contribution in [0.2, 0.25) is 0 Å². The van der Waals surface area contributed by atoms with Crippen molar-refractivity contribution < 1.29 is 19.2 Å². The van der Waals surface area contributed by atoms with Crippen molar-refractivity contribution in [3.8, 4) is 5.75 Å². The number of ether oxygens (including phenoxy) is 2. The molecule has 1 amide bonds. The summed E-state index contributed by atoms with van der Waals surface area (Å²) in [4.78, 5) is 30.4. The Kier molecular flexibility index (Phi) is 7.51. The molecule has 0 unspecified atom stereocenters. The summed E-state index contributed by atoms with van der Waals surface area (Å²) in [5.41, 5.74) is 3.38. The number of anilines is 2. The number of morpholine rings is 1. The SMILES string of the molecule is O=C(c1ccc(OCc2ccccc2)cc1)N1CCN(c2ccc([N+](=O)[O-])c(N3CCOCC3)c2)CC1. The van der Waals surface area contributed by atoms with E-state index >= 15 is 0 Å². The first-order chi connectivity index (χ1) is 18.1. The van der Waals surface area contributed by atoms with E-state index in [2.05, 4.69) is 4.90 Å². The zero-order valence-corrected chi connectivity index (χ0v) is 20.6. The van der Waals surface area contributed by atoms with Crippen LogP contribution in [-0.2, 0) is 11.3 Å². The fourth-order valence-electron chi connectivity index (χ4n) is 4.71. The van der Waals surface area contributed by atoms with Crippen molar-refractivity contribution in [1.29, 1.82) is 0 Å². The number of benzene rings is 3. The predicted octanol–water partition coefficient (Wildman–Crippen LogP) is 3.97. The third kappa shape index (κ3) is 5.83. The quantitative estimate of drug-likeness (QED) is 0.357. The molecule has 2 fully saturated rings. The Morgan fingerprint density at radius 1 is 0.865 bits per heavy atom. The zero-order chi connectivity index (χ0) is 25.6. The minimum atomic E-state index is -0.330. The van der Waals surface area contributed by atoms with Gasteiger partial charge in [0.25, 0.3) is 11.6 Å². The molecule has 2 saturated heterocycles. The highest BCUT2D eigenvalue weighted by atomic mass is 16.6. The molecule has 0 saturated carbocycles. The van der Waals surface area contributed by atoms with E-state index in [1.165, 1.54) is 0 Å². The Bertz CT molecular complexity index is 1220. The Morgan fingerprint density at radius 3 is 2.24 bits per heavy atom. The molecule has 9 nitrogen and oxygen atoms in total. The van der Waals surface area contributed by atoms with Crippen LogP contribution in [-0.4, -0.2) is 68.2 Å². The summed E-state index contributed by atoms with van der Waals surface area (Å²) < 4.78 is 11.2. The molecule has 9 heteroatoms. The lowest BCUT2D eigenvalue weighted by atomic mass is 10.1. The molecule has 5 rings (SSSR count). The van der Waals surface area contributed by atoms with Crippen molar-refractivity contribution >= 4 is 23.0 Å². The van der Waals surface area contributed by atoms with Crippen LogP contribution >= 0.6 is 0 Å². The molecule has 3 aromatic carbocycles. The number of carbonyl (C=O) groups is 1. The normalized spacial score (nSPS) is 15.9. The van der Waals surface area contributed by atoms with E-state index in [9.17, 15) is 14.9 Å². The monoisotopic (exact) mass is 502 g/mol. The number of piperazine rings is 1.